The Morgan fingerprint density at radius 3 is 2.04 bits per heavy atom. The average molecular weight is 339 g/mol. The Bertz CT molecular complexity index is 555. The van der Waals surface area contributed by atoms with E-state index in [1.165, 1.54) is 71.1 Å². The fraction of sp³-hybridized carbons (Fsp3) is 0.739. The highest BCUT2D eigenvalue weighted by Crippen LogP contribution is 2.47. The van der Waals surface area contributed by atoms with Crippen molar-refractivity contribution in [2.75, 3.05) is 26.2 Å². The Morgan fingerprint density at radius 1 is 0.680 bits per heavy atom. The van der Waals surface area contributed by atoms with Gasteiger partial charge in [0.2, 0.25) is 0 Å². The fourth-order valence-corrected chi connectivity index (χ4v) is 6.59. The molecule has 0 radical (unpaired) electrons. The molecule has 1 heterocycles. The van der Waals surface area contributed by atoms with Crippen LogP contribution < -0.4 is 0 Å². The zero-order chi connectivity index (χ0) is 16.6. The normalized spacial score (nSPS) is 39.8. The second kappa shape index (κ2) is 7.04. The van der Waals surface area contributed by atoms with Crippen molar-refractivity contribution in [2.45, 2.75) is 69.4 Å². The van der Waals surface area contributed by atoms with E-state index in [0.29, 0.717) is 0 Å². The summed E-state index contributed by atoms with van der Waals surface area (Å²) in [4.78, 5) is 5.71. The molecule has 0 N–H and O–H groups in total. The van der Waals surface area contributed by atoms with Crippen LogP contribution in [0.1, 0.15) is 62.8 Å². The quantitative estimate of drug-likeness (QED) is 0.799. The molecule has 25 heavy (non-hydrogen) atoms. The Morgan fingerprint density at radius 2 is 1.40 bits per heavy atom. The fourth-order valence-electron chi connectivity index (χ4n) is 6.59. The maximum Gasteiger partial charge on any atom is 0.0127 e. The molecule has 2 bridgehead atoms. The van der Waals surface area contributed by atoms with Crippen molar-refractivity contribution in [3.8, 4) is 0 Å². The second-order valence-corrected chi connectivity index (χ2v) is 9.23. The lowest BCUT2D eigenvalue weighted by atomic mass is 9.81. The maximum atomic E-state index is 2.87. The van der Waals surface area contributed by atoms with Crippen molar-refractivity contribution >= 4 is 0 Å². The van der Waals surface area contributed by atoms with Gasteiger partial charge in [-0.1, -0.05) is 36.8 Å². The predicted molar refractivity (Wildman–Crippen MR) is 104 cm³/mol. The molecule has 1 aromatic carbocycles. The van der Waals surface area contributed by atoms with Crippen LogP contribution in [0.2, 0.25) is 0 Å². The molecular formula is C23H34N2. The van der Waals surface area contributed by atoms with Crippen molar-refractivity contribution in [3.05, 3.63) is 35.9 Å². The van der Waals surface area contributed by atoms with Crippen molar-refractivity contribution in [3.63, 3.8) is 0 Å². The van der Waals surface area contributed by atoms with Gasteiger partial charge in [0.05, 0.1) is 0 Å². The molecule has 0 aromatic heterocycles. The van der Waals surface area contributed by atoms with Crippen molar-refractivity contribution < 1.29 is 0 Å². The number of benzene rings is 1. The van der Waals surface area contributed by atoms with Gasteiger partial charge < -0.3 is 0 Å². The number of fused-ring (bicyclic) bond motifs is 2. The van der Waals surface area contributed by atoms with E-state index in [2.05, 4.69) is 40.1 Å². The molecule has 2 nitrogen and oxygen atoms in total. The van der Waals surface area contributed by atoms with Gasteiger partial charge in [-0.2, -0.15) is 0 Å². The molecule has 2 heteroatoms. The van der Waals surface area contributed by atoms with Crippen LogP contribution in [-0.4, -0.2) is 48.1 Å². The summed E-state index contributed by atoms with van der Waals surface area (Å²) in [5, 5.41) is 0. The lowest BCUT2D eigenvalue weighted by Gasteiger charge is -2.45. The first-order chi connectivity index (χ1) is 12.4. The van der Waals surface area contributed by atoms with Crippen molar-refractivity contribution in [1.29, 1.82) is 0 Å². The minimum atomic E-state index is 0.813. The SMILES string of the molecule is c1ccc(C2CCC(N3CCN([C@@H]4C[C@H]5CC[C@H]4C5)CC3)CC2)cc1. The van der Waals surface area contributed by atoms with E-state index in [1.54, 1.807) is 12.0 Å². The minimum absolute atomic E-state index is 0.813. The minimum Gasteiger partial charge on any atom is -0.298 e. The topological polar surface area (TPSA) is 6.48 Å². The molecule has 0 amide bonds. The summed E-state index contributed by atoms with van der Waals surface area (Å²) < 4.78 is 0. The van der Waals surface area contributed by atoms with Crippen molar-refractivity contribution in [2.24, 2.45) is 11.8 Å². The van der Waals surface area contributed by atoms with Crippen LogP contribution in [0.4, 0.5) is 0 Å². The van der Waals surface area contributed by atoms with Gasteiger partial charge >= 0.3 is 0 Å². The summed E-state index contributed by atoms with van der Waals surface area (Å²) in [5.41, 5.74) is 1.57. The van der Waals surface area contributed by atoms with E-state index in [-0.39, 0.29) is 0 Å². The third-order valence-electron chi connectivity index (χ3n) is 8.00. The van der Waals surface area contributed by atoms with Crippen LogP contribution in [0.25, 0.3) is 0 Å². The molecule has 0 spiro atoms. The van der Waals surface area contributed by atoms with Gasteiger partial charge in [-0.3, -0.25) is 9.80 Å². The number of rotatable bonds is 3. The van der Waals surface area contributed by atoms with Gasteiger partial charge in [-0.15, -0.1) is 0 Å². The first-order valence-electron chi connectivity index (χ1n) is 10.9. The van der Waals surface area contributed by atoms with Gasteiger partial charge in [0, 0.05) is 38.3 Å². The molecule has 1 aliphatic heterocycles. The van der Waals surface area contributed by atoms with Crippen LogP contribution in [0.15, 0.2) is 30.3 Å². The number of piperazine rings is 1. The van der Waals surface area contributed by atoms with E-state index in [9.17, 15) is 0 Å². The molecule has 136 valence electrons. The van der Waals surface area contributed by atoms with Crippen LogP contribution in [-0.2, 0) is 0 Å². The summed E-state index contributed by atoms with van der Waals surface area (Å²) in [7, 11) is 0. The first-order valence-corrected chi connectivity index (χ1v) is 10.9. The third kappa shape index (κ3) is 3.28. The summed E-state index contributed by atoms with van der Waals surface area (Å²) in [6.45, 7) is 5.34. The molecule has 0 unspecified atom stereocenters. The highest BCUT2D eigenvalue weighted by atomic mass is 15.3. The second-order valence-electron chi connectivity index (χ2n) is 9.23. The van der Waals surface area contributed by atoms with Gasteiger partial charge in [-0.05, 0) is 68.3 Å². The number of hydrogen-bond donors (Lipinski definition) is 0. The molecule has 3 saturated carbocycles. The van der Waals surface area contributed by atoms with Crippen LogP contribution in [0.5, 0.6) is 0 Å². The Hall–Kier alpha value is -0.860. The molecule has 4 aliphatic rings. The largest absolute Gasteiger partial charge is 0.298 e. The summed E-state index contributed by atoms with van der Waals surface area (Å²) in [6.07, 6.45) is 11.7. The maximum absolute atomic E-state index is 2.87. The standard InChI is InChI=1S/C23H34N2/c1-2-4-19(5-3-1)20-8-10-22(11-9-20)24-12-14-25(15-13-24)23-17-18-6-7-21(23)16-18/h1-5,18,20-23H,6-17H2/t18-,20?,21-,22?,23+/m0/s1. The zero-order valence-electron chi connectivity index (χ0n) is 15.7. The van der Waals surface area contributed by atoms with Gasteiger partial charge in [0.15, 0.2) is 0 Å². The van der Waals surface area contributed by atoms with Gasteiger partial charge in [-0.25, -0.2) is 0 Å². The molecule has 4 fully saturated rings. The van der Waals surface area contributed by atoms with E-state index >= 15 is 0 Å². The van der Waals surface area contributed by atoms with Crippen molar-refractivity contribution in [1.82, 2.24) is 9.80 Å². The van der Waals surface area contributed by atoms with E-state index < -0.39 is 0 Å². The highest BCUT2D eigenvalue weighted by molar-refractivity contribution is 5.20. The van der Waals surface area contributed by atoms with E-state index in [4.69, 9.17) is 0 Å². The molecule has 5 rings (SSSR count). The molecular weight excluding hydrogens is 304 g/mol. The number of nitrogens with zero attached hydrogens (tertiary/aromatic N) is 2. The third-order valence-corrected chi connectivity index (χ3v) is 8.00. The lowest BCUT2D eigenvalue weighted by molar-refractivity contribution is 0.0394. The molecule has 1 aromatic rings. The molecule has 1 saturated heterocycles. The van der Waals surface area contributed by atoms with Crippen LogP contribution >= 0.6 is 0 Å². The smallest absolute Gasteiger partial charge is 0.0127 e. The average Bonchev–Trinajstić information content (AvgIpc) is 3.33. The molecule has 3 aliphatic carbocycles. The van der Waals surface area contributed by atoms with Gasteiger partial charge in [0.1, 0.15) is 0 Å². The highest BCUT2D eigenvalue weighted by Gasteiger charge is 2.43. The summed E-state index contributed by atoms with van der Waals surface area (Å²) in [5.74, 6) is 2.95. The van der Waals surface area contributed by atoms with E-state index in [1.807, 2.05) is 0 Å². The summed E-state index contributed by atoms with van der Waals surface area (Å²) in [6, 6.07) is 13.0. The van der Waals surface area contributed by atoms with E-state index in [0.717, 1.165) is 29.8 Å². The Kier molecular flexibility index (Phi) is 4.60. The number of hydrogen-bond acceptors (Lipinski definition) is 2. The Balaban J connectivity index is 1.11. The Labute approximate surface area is 153 Å². The van der Waals surface area contributed by atoms with Crippen LogP contribution in [0.3, 0.4) is 0 Å². The van der Waals surface area contributed by atoms with Crippen LogP contribution in [0, 0.1) is 11.8 Å². The predicted octanol–water partition coefficient (Wildman–Crippen LogP) is 4.52. The molecule has 3 atom stereocenters. The zero-order valence-corrected chi connectivity index (χ0v) is 15.7. The van der Waals surface area contributed by atoms with Gasteiger partial charge in [0.25, 0.3) is 0 Å². The summed E-state index contributed by atoms with van der Waals surface area (Å²) >= 11 is 0. The monoisotopic (exact) mass is 338 g/mol. The lowest BCUT2D eigenvalue weighted by Crippen LogP contribution is -2.54. The first kappa shape index (κ1) is 16.3.